The van der Waals surface area contributed by atoms with E-state index in [9.17, 15) is 0 Å². The number of hydrogen-bond donors (Lipinski definition) is 0. The van der Waals surface area contributed by atoms with Crippen molar-refractivity contribution in [1.82, 2.24) is 14.1 Å². The molecule has 4 heteroatoms. The van der Waals surface area contributed by atoms with Gasteiger partial charge in [0.1, 0.15) is 17.0 Å². The fourth-order valence-electron chi connectivity index (χ4n) is 7.49. The molecule has 0 saturated heterocycles. The Bertz CT molecular complexity index is 2850. The molecule has 7 aromatic carbocycles. The molecule has 4 nitrogen and oxygen atoms in total. The van der Waals surface area contributed by atoms with Crippen molar-refractivity contribution in [1.29, 1.82) is 0 Å². The van der Waals surface area contributed by atoms with Crippen molar-refractivity contribution in [3.05, 3.63) is 163 Å². The average molecular weight is 616 g/mol. The largest absolute Gasteiger partial charge is 0.455 e. The minimum atomic E-state index is 0.911. The highest BCUT2D eigenvalue weighted by atomic mass is 16.3. The van der Waals surface area contributed by atoms with E-state index in [1.165, 1.54) is 16.3 Å². The van der Waals surface area contributed by atoms with Crippen LogP contribution in [0.2, 0.25) is 0 Å². The van der Waals surface area contributed by atoms with Crippen LogP contribution in [0.5, 0.6) is 0 Å². The third-order valence-electron chi connectivity index (χ3n) is 9.64. The Morgan fingerprint density at radius 1 is 0.500 bits per heavy atom. The van der Waals surface area contributed by atoms with Crippen molar-refractivity contribution >= 4 is 54.8 Å². The van der Waals surface area contributed by atoms with Crippen LogP contribution in [0.25, 0.3) is 88.7 Å². The van der Waals surface area contributed by atoms with Gasteiger partial charge in [-0.2, -0.15) is 0 Å². The highest BCUT2D eigenvalue weighted by molar-refractivity contribution is 6.13. The zero-order valence-electron chi connectivity index (χ0n) is 26.3. The molecule has 226 valence electrons. The number of nitrogens with zero attached hydrogens (tertiary/aromatic N) is 3. The second-order valence-corrected chi connectivity index (χ2v) is 12.5. The molecule has 10 rings (SSSR count). The quantitative estimate of drug-likeness (QED) is 0.197. The molecule has 0 radical (unpaired) electrons. The van der Waals surface area contributed by atoms with Gasteiger partial charge in [0.05, 0.1) is 22.1 Å². The van der Waals surface area contributed by atoms with Crippen LogP contribution in [0, 0.1) is 6.92 Å². The zero-order chi connectivity index (χ0) is 31.8. The molecule has 10 aromatic rings. The highest BCUT2D eigenvalue weighted by Crippen LogP contribution is 2.40. The Balaban J connectivity index is 1.18. The van der Waals surface area contributed by atoms with Gasteiger partial charge in [-0.1, -0.05) is 103 Å². The molecular weight excluding hydrogens is 587 g/mol. The third kappa shape index (κ3) is 3.93. The van der Waals surface area contributed by atoms with Crippen LogP contribution < -0.4 is 0 Å². The summed E-state index contributed by atoms with van der Waals surface area (Å²) in [6.07, 6.45) is 0. The summed E-state index contributed by atoms with van der Waals surface area (Å²) in [6, 6.07) is 55.8. The molecule has 0 aliphatic rings. The molecule has 0 N–H and O–H groups in total. The lowest BCUT2D eigenvalue weighted by atomic mass is 10.0. The van der Waals surface area contributed by atoms with Crippen molar-refractivity contribution in [2.45, 2.75) is 6.92 Å². The van der Waals surface area contributed by atoms with Crippen molar-refractivity contribution in [2.75, 3.05) is 0 Å². The second-order valence-electron chi connectivity index (χ2n) is 12.5. The Kier molecular flexibility index (Phi) is 5.75. The minimum Gasteiger partial charge on any atom is -0.455 e. The molecule has 0 saturated carbocycles. The predicted octanol–water partition coefficient (Wildman–Crippen LogP) is 11.7. The maximum atomic E-state index is 6.42. The lowest BCUT2D eigenvalue weighted by molar-refractivity contribution is 0.670. The van der Waals surface area contributed by atoms with Crippen molar-refractivity contribution < 1.29 is 4.42 Å². The topological polar surface area (TPSA) is 35.9 Å². The monoisotopic (exact) mass is 615 g/mol. The van der Waals surface area contributed by atoms with Crippen LogP contribution in [0.4, 0.5) is 0 Å². The molecule has 0 unspecified atom stereocenters. The molecule has 0 amide bonds. The van der Waals surface area contributed by atoms with E-state index >= 15 is 0 Å². The lowest BCUT2D eigenvalue weighted by Gasteiger charge is -2.13. The van der Waals surface area contributed by atoms with E-state index in [0.717, 1.165) is 77.9 Å². The standard InChI is InChI=1S/C44H29N3O/c1-28-12-9-21-38-42(28)47(31-14-3-2-4-15-31)44(45-38)30-13-10-16-32(26-30)46-39-22-7-5-17-34(39)37-27-29(24-25-40(37)46)33-19-11-20-36-35-18-6-8-23-41(35)48-43(33)36/h2-27H,1H3. The number of imidazole rings is 1. The van der Waals surface area contributed by atoms with Gasteiger partial charge in [0.2, 0.25) is 0 Å². The summed E-state index contributed by atoms with van der Waals surface area (Å²) in [6.45, 7) is 2.16. The highest BCUT2D eigenvalue weighted by Gasteiger charge is 2.19. The van der Waals surface area contributed by atoms with Gasteiger partial charge in [0.15, 0.2) is 0 Å². The normalized spacial score (nSPS) is 11.9. The van der Waals surface area contributed by atoms with E-state index in [-0.39, 0.29) is 0 Å². The Hall–Kier alpha value is -6.39. The third-order valence-corrected chi connectivity index (χ3v) is 9.64. The molecule has 48 heavy (non-hydrogen) atoms. The van der Waals surface area contributed by atoms with E-state index in [2.05, 4.69) is 162 Å². The number of rotatable bonds is 4. The summed E-state index contributed by atoms with van der Waals surface area (Å²) in [5, 5.41) is 4.69. The Morgan fingerprint density at radius 3 is 2.15 bits per heavy atom. The molecule has 3 heterocycles. The first kappa shape index (κ1) is 26.8. The Morgan fingerprint density at radius 2 is 1.23 bits per heavy atom. The molecule has 0 bridgehead atoms. The summed E-state index contributed by atoms with van der Waals surface area (Å²) in [5.74, 6) is 0.925. The van der Waals surface area contributed by atoms with Crippen LogP contribution in [-0.2, 0) is 0 Å². The summed E-state index contributed by atoms with van der Waals surface area (Å²) >= 11 is 0. The van der Waals surface area contributed by atoms with Gasteiger partial charge in [-0.05, 0) is 72.6 Å². The van der Waals surface area contributed by atoms with Gasteiger partial charge < -0.3 is 8.98 Å². The fourth-order valence-corrected chi connectivity index (χ4v) is 7.49. The van der Waals surface area contributed by atoms with E-state index in [0.29, 0.717) is 0 Å². The molecular formula is C44H29N3O. The summed E-state index contributed by atoms with van der Waals surface area (Å²) in [7, 11) is 0. The van der Waals surface area contributed by atoms with Crippen LogP contribution in [0.1, 0.15) is 5.56 Å². The van der Waals surface area contributed by atoms with Crippen molar-refractivity contribution in [3.8, 4) is 33.9 Å². The van der Waals surface area contributed by atoms with Crippen LogP contribution in [0.3, 0.4) is 0 Å². The zero-order valence-corrected chi connectivity index (χ0v) is 26.3. The molecule has 3 aromatic heterocycles. The molecule has 0 spiro atoms. The maximum Gasteiger partial charge on any atom is 0.145 e. The first-order valence-corrected chi connectivity index (χ1v) is 16.3. The minimum absolute atomic E-state index is 0.911. The van der Waals surface area contributed by atoms with E-state index in [4.69, 9.17) is 9.40 Å². The number of fused-ring (bicyclic) bond motifs is 7. The summed E-state index contributed by atoms with van der Waals surface area (Å²) < 4.78 is 11.1. The van der Waals surface area contributed by atoms with E-state index in [1.807, 2.05) is 12.1 Å². The van der Waals surface area contributed by atoms with Crippen molar-refractivity contribution in [2.24, 2.45) is 0 Å². The number of furan rings is 1. The number of aryl methyl sites for hydroxylation is 1. The van der Waals surface area contributed by atoms with Crippen LogP contribution >= 0.6 is 0 Å². The van der Waals surface area contributed by atoms with E-state index in [1.54, 1.807) is 0 Å². The van der Waals surface area contributed by atoms with Gasteiger partial charge in [0, 0.05) is 44.0 Å². The number of para-hydroxylation sites is 5. The second kappa shape index (κ2) is 10.3. The fraction of sp³-hybridized carbons (Fsp3) is 0.0227. The summed E-state index contributed by atoms with van der Waals surface area (Å²) in [4.78, 5) is 5.20. The molecule has 0 aliphatic heterocycles. The predicted molar refractivity (Wildman–Crippen MR) is 198 cm³/mol. The lowest BCUT2D eigenvalue weighted by Crippen LogP contribution is -2.00. The van der Waals surface area contributed by atoms with Gasteiger partial charge >= 0.3 is 0 Å². The smallest absolute Gasteiger partial charge is 0.145 e. The average Bonchev–Trinajstić information content (AvgIpc) is 3.82. The number of hydrogen-bond acceptors (Lipinski definition) is 2. The van der Waals surface area contributed by atoms with Gasteiger partial charge in [0.25, 0.3) is 0 Å². The Labute approximate surface area is 276 Å². The summed E-state index contributed by atoms with van der Waals surface area (Å²) in [5.41, 5.74) is 12.9. The first-order chi connectivity index (χ1) is 23.7. The molecule has 0 aliphatic carbocycles. The first-order valence-electron chi connectivity index (χ1n) is 16.3. The van der Waals surface area contributed by atoms with Gasteiger partial charge in [-0.25, -0.2) is 4.98 Å². The number of aromatic nitrogens is 3. The van der Waals surface area contributed by atoms with E-state index < -0.39 is 0 Å². The molecule has 0 atom stereocenters. The van der Waals surface area contributed by atoms with Crippen molar-refractivity contribution in [3.63, 3.8) is 0 Å². The SMILES string of the molecule is Cc1cccc2nc(-c3cccc(-n4c5ccccc5c5cc(-c6cccc7c6oc6ccccc67)ccc54)c3)n(-c3ccccc3)c12. The van der Waals surface area contributed by atoms with Crippen LogP contribution in [-0.4, -0.2) is 14.1 Å². The van der Waals surface area contributed by atoms with Gasteiger partial charge in [-0.3, -0.25) is 4.57 Å². The maximum absolute atomic E-state index is 6.42. The molecule has 0 fully saturated rings. The van der Waals surface area contributed by atoms with Gasteiger partial charge in [-0.15, -0.1) is 0 Å². The van der Waals surface area contributed by atoms with Crippen LogP contribution in [0.15, 0.2) is 162 Å². The number of benzene rings is 7.